The van der Waals surface area contributed by atoms with Crippen molar-refractivity contribution in [2.24, 2.45) is 7.05 Å². The van der Waals surface area contributed by atoms with Gasteiger partial charge in [0.1, 0.15) is 5.69 Å². The molecule has 2 rings (SSSR count). The fourth-order valence-electron chi connectivity index (χ4n) is 2.06. The van der Waals surface area contributed by atoms with Crippen LogP contribution in [0.2, 0.25) is 0 Å². The van der Waals surface area contributed by atoms with Crippen LogP contribution in [0.15, 0.2) is 41.3 Å². The smallest absolute Gasteiger partial charge is 0.272 e. The first-order valence-corrected chi connectivity index (χ1v) is 6.84. The van der Waals surface area contributed by atoms with Crippen LogP contribution >= 0.6 is 0 Å². The van der Waals surface area contributed by atoms with Gasteiger partial charge in [0.25, 0.3) is 5.91 Å². The predicted molar refractivity (Wildman–Crippen MR) is 86.9 cm³/mol. The molecule has 1 heterocycles. The van der Waals surface area contributed by atoms with Gasteiger partial charge in [-0.15, -0.1) is 0 Å². The minimum absolute atomic E-state index is 0.164. The van der Waals surface area contributed by atoms with Crippen molar-refractivity contribution < 1.29 is 14.3 Å². The highest BCUT2D eigenvalue weighted by atomic mass is 16.5. The van der Waals surface area contributed by atoms with Crippen LogP contribution < -0.4 is 20.8 Å². The molecule has 0 fully saturated rings. The monoisotopic (exact) mass is 315 g/mol. The van der Waals surface area contributed by atoms with Crippen molar-refractivity contribution in [1.29, 1.82) is 0 Å². The predicted octanol–water partition coefficient (Wildman–Crippen LogP) is 1.60. The minimum Gasteiger partial charge on any atom is -0.491 e. The molecule has 0 saturated heterocycles. The van der Waals surface area contributed by atoms with E-state index in [1.165, 1.54) is 30.9 Å². The summed E-state index contributed by atoms with van der Waals surface area (Å²) >= 11 is 0. The maximum atomic E-state index is 12.3. The number of hydrogen-bond acceptors (Lipinski definition) is 4. The second-order valence-corrected chi connectivity index (χ2v) is 4.92. The summed E-state index contributed by atoms with van der Waals surface area (Å²) in [4.78, 5) is 35.2. The van der Waals surface area contributed by atoms with Crippen LogP contribution in [0.5, 0.6) is 5.75 Å². The zero-order valence-corrected chi connectivity index (χ0v) is 13.0. The highest BCUT2D eigenvalue weighted by Crippen LogP contribution is 2.16. The van der Waals surface area contributed by atoms with Gasteiger partial charge in [-0.1, -0.05) is 6.07 Å². The van der Waals surface area contributed by atoms with Gasteiger partial charge < -0.3 is 19.9 Å². The molecule has 0 bridgehead atoms. The first-order valence-electron chi connectivity index (χ1n) is 6.84. The number of anilines is 2. The Balaban J connectivity index is 2.24. The number of pyridine rings is 1. The van der Waals surface area contributed by atoms with Gasteiger partial charge in [0.05, 0.1) is 13.3 Å². The maximum Gasteiger partial charge on any atom is 0.272 e. The first kappa shape index (κ1) is 16.3. The van der Waals surface area contributed by atoms with Crippen LogP contribution in [-0.2, 0) is 11.8 Å². The van der Waals surface area contributed by atoms with Crippen molar-refractivity contribution in [2.75, 3.05) is 17.7 Å². The van der Waals surface area contributed by atoms with Crippen molar-refractivity contribution in [3.63, 3.8) is 0 Å². The molecule has 0 unspecified atom stereocenters. The Labute approximate surface area is 132 Å². The topological polar surface area (TPSA) is 89.4 Å². The lowest BCUT2D eigenvalue weighted by Crippen LogP contribution is -2.21. The number of aromatic nitrogens is 1. The number of carbonyl (C=O) groups excluding carboxylic acids is 2. The molecule has 0 radical (unpaired) electrons. The van der Waals surface area contributed by atoms with Crippen LogP contribution in [0, 0.1) is 0 Å². The van der Waals surface area contributed by atoms with Crippen LogP contribution in [0.1, 0.15) is 17.4 Å². The molecule has 23 heavy (non-hydrogen) atoms. The average Bonchev–Trinajstić information content (AvgIpc) is 2.48. The standard InChI is InChI=1S/C16H17N3O4/c1-10(20)17-11-5-4-6-12(7-11)18-16(22)13-8-14(21)15(23-3)9-19(13)2/h4-9H,1-3H3,(H,17,20)(H,18,22). The summed E-state index contributed by atoms with van der Waals surface area (Å²) in [6.07, 6.45) is 1.45. The third-order valence-corrected chi connectivity index (χ3v) is 3.09. The Morgan fingerprint density at radius 1 is 1.13 bits per heavy atom. The SMILES string of the molecule is COc1cn(C)c(C(=O)Nc2cccc(NC(C)=O)c2)cc1=O. The molecule has 2 amide bonds. The van der Waals surface area contributed by atoms with Gasteiger partial charge in [-0.2, -0.15) is 0 Å². The fraction of sp³-hybridized carbons (Fsp3) is 0.188. The van der Waals surface area contributed by atoms with E-state index in [0.717, 1.165) is 0 Å². The van der Waals surface area contributed by atoms with Crippen molar-refractivity contribution in [3.8, 4) is 5.75 Å². The van der Waals surface area contributed by atoms with Crippen LogP contribution in [-0.4, -0.2) is 23.5 Å². The molecule has 7 heteroatoms. The van der Waals surface area contributed by atoms with E-state index in [-0.39, 0.29) is 22.8 Å². The average molecular weight is 315 g/mol. The summed E-state index contributed by atoms with van der Waals surface area (Å²) in [5, 5.41) is 5.32. The second kappa shape index (κ2) is 6.78. The molecule has 0 atom stereocenters. The van der Waals surface area contributed by atoms with Crippen LogP contribution in [0.3, 0.4) is 0 Å². The molecule has 0 spiro atoms. The van der Waals surface area contributed by atoms with E-state index in [1.54, 1.807) is 31.3 Å². The molecule has 1 aromatic heterocycles. The summed E-state index contributed by atoms with van der Waals surface area (Å²) in [7, 11) is 3.04. The zero-order valence-electron chi connectivity index (χ0n) is 13.0. The number of nitrogens with zero attached hydrogens (tertiary/aromatic N) is 1. The van der Waals surface area contributed by atoms with Crippen molar-refractivity contribution >= 4 is 23.2 Å². The number of ether oxygens (including phenoxy) is 1. The van der Waals surface area contributed by atoms with Crippen LogP contribution in [0.25, 0.3) is 0 Å². The Morgan fingerprint density at radius 3 is 2.39 bits per heavy atom. The Bertz CT molecular complexity index is 811. The molecule has 0 saturated carbocycles. The molecule has 2 aromatic rings. The van der Waals surface area contributed by atoms with Gasteiger partial charge in [-0.05, 0) is 18.2 Å². The Hall–Kier alpha value is -3.09. The van der Waals surface area contributed by atoms with E-state index in [4.69, 9.17) is 4.74 Å². The highest BCUT2D eigenvalue weighted by Gasteiger charge is 2.12. The summed E-state index contributed by atoms with van der Waals surface area (Å²) in [5.74, 6) is -0.477. The quantitative estimate of drug-likeness (QED) is 0.897. The second-order valence-electron chi connectivity index (χ2n) is 4.92. The van der Waals surface area contributed by atoms with Crippen molar-refractivity contribution in [1.82, 2.24) is 4.57 Å². The lowest BCUT2D eigenvalue weighted by atomic mass is 10.2. The molecule has 0 aliphatic carbocycles. The first-order chi connectivity index (χ1) is 10.9. The minimum atomic E-state index is -0.438. The normalized spacial score (nSPS) is 10.0. The van der Waals surface area contributed by atoms with E-state index in [9.17, 15) is 14.4 Å². The number of hydrogen-bond donors (Lipinski definition) is 2. The molecule has 1 aromatic carbocycles. The largest absolute Gasteiger partial charge is 0.491 e. The molecule has 0 aliphatic heterocycles. The fourth-order valence-corrected chi connectivity index (χ4v) is 2.06. The number of amides is 2. The van der Waals surface area contributed by atoms with Crippen molar-refractivity contribution in [2.45, 2.75) is 6.92 Å². The van der Waals surface area contributed by atoms with Gasteiger partial charge >= 0.3 is 0 Å². The summed E-state index contributed by atoms with van der Waals surface area (Å²) in [6, 6.07) is 7.94. The third kappa shape index (κ3) is 3.97. The third-order valence-electron chi connectivity index (χ3n) is 3.09. The molecule has 7 nitrogen and oxygen atoms in total. The zero-order chi connectivity index (χ0) is 17.0. The lowest BCUT2D eigenvalue weighted by Gasteiger charge is -2.11. The van der Waals surface area contributed by atoms with E-state index < -0.39 is 5.91 Å². The van der Waals surface area contributed by atoms with Crippen molar-refractivity contribution in [3.05, 3.63) is 52.4 Å². The number of aryl methyl sites for hydroxylation is 1. The molecular weight excluding hydrogens is 298 g/mol. The van der Waals surface area contributed by atoms with Gasteiger partial charge in [0, 0.05) is 31.4 Å². The summed E-state index contributed by atoms with van der Waals surface area (Å²) < 4.78 is 6.43. The number of benzene rings is 1. The van der Waals surface area contributed by atoms with Gasteiger partial charge in [0.2, 0.25) is 11.3 Å². The number of carbonyl (C=O) groups is 2. The number of nitrogens with one attached hydrogen (secondary N) is 2. The summed E-state index contributed by atoms with van der Waals surface area (Å²) in [6.45, 7) is 1.40. The Morgan fingerprint density at radius 2 is 1.78 bits per heavy atom. The molecule has 120 valence electrons. The van der Waals surface area contributed by atoms with E-state index in [0.29, 0.717) is 11.4 Å². The highest BCUT2D eigenvalue weighted by molar-refractivity contribution is 6.03. The maximum absolute atomic E-state index is 12.3. The van der Waals surface area contributed by atoms with Gasteiger partial charge in [-0.3, -0.25) is 14.4 Å². The number of rotatable bonds is 4. The molecular formula is C16H17N3O4. The molecule has 2 N–H and O–H groups in total. The van der Waals surface area contributed by atoms with E-state index >= 15 is 0 Å². The number of methoxy groups -OCH3 is 1. The van der Waals surface area contributed by atoms with E-state index in [1.807, 2.05) is 0 Å². The molecule has 0 aliphatic rings. The van der Waals surface area contributed by atoms with Gasteiger partial charge in [0.15, 0.2) is 5.75 Å². The Kier molecular flexibility index (Phi) is 4.80. The van der Waals surface area contributed by atoms with Gasteiger partial charge in [-0.25, -0.2) is 0 Å². The van der Waals surface area contributed by atoms with E-state index in [2.05, 4.69) is 10.6 Å². The summed E-state index contributed by atoms with van der Waals surface area (Å²) in [5.41, 5.74) is 0.895. The van der Waals surface area contributed by atoms with Crippen LogP contribution in [0.4, 0.5) is 11.4 Å². The lowest BCUT2D eigenvalue weighted by molar-refractivity contribution is -0.114.